The second-order valence-corrected chi connectivity index (χ2v) is 4.75. The van der Waals surface area contributed by atoms with E-state index >= 15 is 0 Å². The summed E-state index contributed by atoms with van der Waals surface area (Å²) in [6, 6.07) is -0.000612. The topological polar surface area (TPSA) is 105 Å². The second kappa shape index (κ2) is 3.54. The van der Waals surface area contributed by atoms with Gasteiger partial charge in [-0.25, -0.2) is 0 Å². The first-order valence-corrected chi connectivity index (χ1v) is 5.18. The summed E-state index contributed by atoms with van der Waals surface area (Å²) in [5.74, 6) is -2.17. The van der Waals surface area contributed by atoms with Crippen LogP contribution in [0.3, 0.4) is 0 Å². The number of carbonyl (C=O) groups excluding carboxylic acids is 1. The van der Waals surface area contributed by atoms with Gasteiger partial charge >= 0.3 is 12.0 Å². The third-order valence-electron chi connectivity index (χ3n) is 3.13. The van der Waals surface area contributed by atoms with Gasteiger partial charge in [-0.05, 0) is 12.3 Å². The predicted octanol–water partition coefficient (Wildman–Crippen LogP) is 0.673. The van der Waals surface area contributed by atoms with E-state index in [-0.39, 0.29) is 6.01 Å². The minimum absolute atomic E-state index is 0.000612. The monoisotopic (exact) mass is 239 g/mol. The van der Waals surface area contributed by atoms with Gasteiger partial charge in [0, 0.05) is 0 Å². The average Bonchev–Trinajstić information content (AvgIpc) is 2.54. The number of aryl methyl sites for hydroxylation is 1. The number of nitrogens with one attached hydrogen (secondary N) is 1. The van der Waals surface area contributed by atoms with Gasteiger partial charge in [-0.3, -0.25) is 14.9 Å². The number of rotatable bonds is 3. The van der Waals surface area contributed by atoms with Crippen molar-refractivity contribution in [2.24, 2.45) is 17.3 Å². The van der Waals surface area contributed by atoms with Crippen molar-refractivity contribution in [1.29, 1.82) is 0 Å². The molecule has 0 aromatic carbocycles. The van der Waals surface area contributed by atoms with Crippen LogP contribution in [0.2, 0.25) is 0 Å². The molecule has 92 valence electrons. The molecule has 1 aliphatic rings. The van der Waals surface area contributed by atoms with Crippen LogP contribution in [0.1, 0.15) is 19.7 Å². The number of hydrogen-bond donors (Lipinski definition) is 2. The SMILES string of the molecule is Cc1noc(NC(=O)[C@H]2[C@@H](C(=O)O)C2(C)C)n1. The zero-order valence-electron chi connectivity index (χ0n) is 9.72. The Kier molecular flexibility index (Phi) is 2.41. The summed E-state index contributed by atoms with van der Waals surface area (Å²) in [4.78, 5) is 26.6. The first-order chi connectivity index (χ1) is 7.84. The molecule has 1 aromatic heterocycles. The Bertz CT molecular complexity index is 480. The van der Waals surface area contributed by atoms with E-state index in [1.54, 1.807) is 20.8 Å². The zero-order valence-corrected chi connectivity index (χ0v) is 9.72. The third-order valence-corrected chi connectivity index (χ3v) is 3.13. The molecule has 0 unspecified atom stereocenters. The number of carboxylic acid groups (broad SMARTS) is 1. The van der Waals surface area contributed by atoms with Crippen LogP contribution in [0.5, 0.6) is 0 Å². The average molecular weight is 239 g/mol. The van der Waals surface area contributed by atoms with E-state index in [2.05, 4.69) is 15.5 Å². The van der Waals surface area contributed by atoms with Crippen LogP contribution in [0, 0.1) is 24.2 Å². The lowest BCUT2D eigenvalue weighted by Crippen LogP contribution is -2.17. The molecule has 2 rings (SSSR count). The molecule has 7 nitrogen and oxygen atoms in total. The molecule has 1 heterocycles. The Morgan fingerprint density at radius 1 is 1.41 bits per heavy atom. The fraction of sp³-hybridized carbons (Fsp3) is 0.600. The lowest BCUT2D eigenvalue weighted by atomic mass is 10.1. The summed E-state index contributed by atoms with van der Waals surface area (Å²) in [6.07, 6.45) is 0. The molecule has 0 bridgehead atoms. The highest BCUT2D eigenvalue weighted by Gasteiger charge is 2.66. The standard InChI is InChI=1S/C10H13N3O4/c1-4-11-9(17-13-4)12-7(14)5-6(8(15)16)10(5,2)3/h5-6H,1-3H3,(H,15,16)(H,11,12,13,14)/t5-,6+/m1/s1. The van der Waals surface area contributed by atoms with Crippen molar-refractivity contribution in [2.45, 2.75) is 20.8 Å². The van der Waals surface area contributed by atoms with E-state index in [0.717, 1.165) is 0 Å². The van der Waals surface area contributed by atoms with Gasteiger partial charge in [-0.2, -0.15) is 4.98 Å². The van der Waals surface area contributed by atoms with Crippen molar-refractivity contribution in [2.75, 3.05) is 5.32 Å². The molecular formula is C10H13N3O4. The summed E-state index contributed by atoms with van der Waals surface area (Å²) >= 11 is 0. The van der Waals surface area contributed by atoms with Crippen LogP contribution in [0.4, 0.5) is 6.01 Å². The molecule has 0 radical (unpaired) electrons. The van der Waals surface area contributed by atoms with Crippen LogP contribution in [0.15, 0.2) is 4.52 Å². The molecular weight excluding hydrogens is 226 g/mol. The zero-order chi connectivity index (χ0) is 12.8. The molecule has 1 aliphatic carbocycles. The van der Waals surface area contributed by atoms with Gasteiger partial charge < -0.3 is 9.63 Å². The van der Waals surface area contributed by atoms with Crippen molar-refractivity contribution < 1.29 is 19.2 Å². The van der Waals surface area contributed by atoms with E-state index in [1.807, 2.05) is 0 Å². The molecule has 0 saturated heterocycles. The van der Waals surface area contributed by atoms with Crippen molar-refractivity contribution in [1.82, 2.24) is 10.1 Å². The Balaban J connectivity index is 2.05. The van der Waals surface area contributed by atoms with E-state index in [4.69, 9.17) is 9.63 Å². The molecule has 7 heteroatoms. The van der Waals surface area contributed by atoms with E-state index in [0.29, 0.717) is 5.82 Å². The van der Waals surface area contributed by atoms with Gasteiger partial charge in [0.15, 0.2) is 5.82 Å². The van der Waals surface area contributed by atoms with Crippen LogP contribution in [-0.4, -0.2) is 27.1 Å². The lowest BCUT2D eigenvalue weighted by molar-refractivity contribution is -0.140. The van der Waals surface area contributed by atoms with Crippen molar-refractivity contribution in [3.05, 3.63) is 5.82 Å². The van der Waals surface area contributed by atoms with Gasteiger partial charge in [0.25, 0.3) is 0 Å². The van der Waals surface area contributed by atoms with Gasteiger partial charge in [-0.1, -0.05) is 19.0 Å². The molecule has 1 saturated carbocycles. The Morgan fingerprint density at radius 2 is 2.06 bits per heavy atom. The molecule has 17 heavy (non-hydrogen) atoms. The van der Waals surface area contributed by atoms with Gasteiger partial charge in [0.2, 0.25) is 5.91 Å². The Hall–Kier alpha value is -1.92. The third kappa shape index (κ3) is 1.88. The number of carbonyl (C=O) groups is 2. The smallest absolute Gasteiger partial charge is 0.328 e. The molecule has 1 amide bonds. The van der Waals surface area contributed by atoms with Gasteiger partial charge in [-0.15, -0.1) is 0 Å². The number of nitrogens with zero attached hydrogens (tertiary/aromatic N) is 2. The minimum atomic E-state index is -0.961. The lowest BCUT2D eigenvalue weighted by Gasteiger charge is -2.00. The summed E-state index contributed by atoms with van der Waals surface area (Å²) in [7, 11) is 0. The van der Waals surface area contributed by atoms with Crippen molar-refractivity contribution >= 4 is 17.9 Å². The number of carboxylic acids is 1. The number of hydrogen-bond acceptors (Lipinski definition) is 5. The van der Waals surface area contributed by atoms with Crippen LogP contribution >= 0.6 is 0 Å². The fourth-order valence-electron chi connectivity index (χ4n) is 2.12. The molecule has 1 aromatic rings. The summed E-state index contributed by atoms with van der Waals surface area (Å²) in [6.45, 7) is 5.12. The molecule has 0 aliphatic heterocycles. The van der Waals surface area contributed by atoms with Crippen molar-refractivity contribution in [3.8, 4) is 0 Å². The van der Waals surface area contributed by atoms with E-state index < -0.39 is 29.1 Å². The Labute approximate surface area is 97.2 Å². The van der Waals surface area contributed by atoms with E-state index in [9.17, 15) is 9.59 Å². The summed E-state index contributed by atoms with van der Waals surface area (Å²) < 4.78 is 4.74. The molecule has 2 N–H and O–H groups in total. The van der Waals surface area contributed by atoms with Crippen LogP contribution in [0.25, 0.3) is 0 Å². The second-order valence-electron chi connectivity index (χ2n) is 4.75. The highest BCUT2D eigenvalue weighted by atomic mass is 16.5. The van der Waals surface area contributed by atoms with E-state index in [1.165, 1.54) is 0 Å². The fourth-order valence-corrected chi connectivity index (χ4v) is 2.12. The summed E-state index contributed by atoms with van der Waals surface area (Å²) in [5.41, 5.74) is -0.537. The molecule has 2 atom stereocenters. The highest BCUT2D eigenvalue weighted by Crippen LogP contribution is 2.58. The molecule has 1 fully saturated rings. The predicted molar refractivity (Wildman–Crippen MR) is 56.1 cm³/mol. The normalized spacial score (nSPS) is 25.4. The minimum Gasteiger partial charge on any atom is -0.481 e. The van der Waals surface area contributed by atoms with Gasteiger partial charge in [0.05, 0.1) is 11.8 Å². The van der Waals surface area contributed by atoms with Gasteiger partial charge in [0.1, 0.15) is 0 Å². The quantitative estimate of drug-likeness (QED) is 0.803. The highest BCUT2D eigenvalue weighted by molar-refractivity contribution is 5.98. The Morgan fingerprint density at radius 3 is 2.47 bits per heavy atom. The largest absolute Gasteiger partial charge is 0.481 e. The van der Waals surface area contributed by atoms with Crippen LogP contribution in [-0.2, 0) is 9.59 Å². The number of aliphatic carboxylic acids is 1. The maximum Gasteiger partial charge on any atom is 0.328 e. The molecule has 0 spiro atoms. The number of anilines is 1. The van der Waals surface area contributed by atoms with Crippen LogP contribution < -0.4 is 5.32 Å². The first-order valence-electron chi connectivity index (χ1n) is 5.18. The van der Waals surface area contributed by atoms with Crippen molar-refractivity contribution in [3.63, 3.8) is 0 Å². The maximum absolute atomic E-state index is 11.8. The maximum atomic E-state index is 11.8. The number of amides is 1. The first kappa shape index (κ1) is 11.6. The summed E-state index contributed by atoms with van der Waals surface area (Å²) in [5, 5.41) is 14.9. The number of aromatic nitrogens is 2.